The lowest BCUT2D eigenvalue weighted by Gasteiger charge is -2.11. The topological polar surface area (TPSA) is 68.0 Å². The number of carboxylic acid groups (broad SMARTS) is 1. The highest BCUT2D eigenvalue weighted by molar-refractivity contribution is 7.19. The van der Waals surface area contributed by atoms with Gasteiger partial charge in [0.05, 0.1) is 15.8 Å². The lowest BCUT2D eigenvalue weighted by Crippen LogP contribution is -2.18. The van der Waals surface area contributed by atoms with Gasteiger partial charge >= 0.3 is 5.97 Å². The molecule has 0 fully saturated rings. The number of benzene rings is 2. The number of aromatic nitrogens is 1. The van der Waals surface area contributed by atoms with Crippen LogP contribution in [0.15, 0.2) is 83.8 Å². The molecule has 5 rings (SSSR count). The summed E-state index contributed by atoms with van der Waals surface area (Å²) < 4.78 is 8.06. The number of thiophene rings is 1. The van der Waals surface area contributed by atoms with Crippen molar-refractivity contribution in [3.8, 4) is 16.9 Å². The number of ether oxygens (including phenoxy) is 1. The highest BCUT2D eigenvalue weighted by atomic mass is 32.1. The molecule has 1 N–H and O–H groups in total. The lowest BCUT2D eigenvalue weighted by molar-refractivity contribution is 0.0698. The van der Waals surface area contributed by atoms with E-state index >= 15 is 0 Å². The maximum atomic E-state index is 13.3. The predicted octanol–water partition coefficient (Wildman–Crippen LogP) is 5.77. The molecule has 0 aliphatic rings. The molecule has 2 aromatic carbocycles. The molecule has 0 bridgehead atoms. The first-order valence-corrected chi connectivity index (χ1v) is 10.9. The fourth-order valence-corrected chi connectivity index (χ4v) is 4.91. The van der Waals surface area contributed by atoms with E-state index in [1.165, 1.54) is 21.8 Å². The van der Waals surface area contributed by atoms with Crippen LogP contribution in [0.3, 0.4) is 0 Å². The van der Waals surface area contributed by atoms with Crippen LogP contribution in [0.5, 0.6) is 5.75 Å². The summed E-state index contributed by atoms with van der Waals surface area (Å²) in [6.45, 7) is 2.41. The Kier molecular flexibility index (Phi) is 4.99. The van der Waals surface area contributed by atoms with E-state index in [9.17, 15) is 14.7 Å². The Bertz CT molecular complexity index is 1520. The Balaban J connectivity index is 1.57. The first kappa shape index (κ1) is 20.0. The van der Waals surface area contributed by atoms with Gasteiger partial charge in [-0.3, -0.25) is 9.20 Å². The first-order chi connectivity index (χ1) is 15.5. The quantitative estimate of drug-likeness (QED) is 0.376. The van der Waals surface area contributed by atoms with E-state index < -0.39 is 5.97 Å². The molecule has 158 valence electrons. The number of carbonyl (C=O) groups is 1. The molecule has 3 heterocycles. The van der Waals surface area contributed by atoms with E-state index in [0.717, 1.165) is 20.5 Å². The van der Waals surface area contributed by atoms with Crippen LogP contribution in [0.25, 0.3) is 26.7 Å². The Labute approximate surface area is 187 Å². The zero-order valence-electron chi connectivity index (χ0n) is 17.2. The summed E-state index contributed by atoms with van der Waals surface area (Å²) in [4.78, 5) is 26.5. The molecule has 0 saturated carbocycles. The maximum absolute atomic E-state index is 13.3. The molecule has 0 unspecified atom stereocenters. The number of aryl methyl sites for hydroxylation is 1. The van der Waals surface area contributed by atoms with Gasteiger partial charge in [-0.05, 0) is 53.8 Å². The summed E-state index contributed by atoms with van der Waals surface area (Å²) in [5.74, 6) is -0.391. The molecule has 0 aliphatic heterocycles. The monoisotopic (exact) mass is 441 g/mol. The average Bonchev–Trinajstić information content (AvgIpc) is 3.19. The second-order valence-electron chi connectivity index (χ2n) is 7.56. The Morgan fingerprint density at radius 1 is 1.03 bits per heavy atom. The third-order valence-electron chi connectivity index (χ3n) is 5.38. The molecule has 32 heavy (non-hydrogen) atoms. The third-order valence-corrected chi connectivity index (χ3v) is 6.45. The molecule has 0 radical (unpaired) electrons. The molecular formula is C26H19NO4S. The summed E-state index contributed by atoms with van der Waals surface area (Å²) in [7, 11) is 0. The van der Waals surface area contributed by atoms with E-state index in [1.807, 2.05) is 49.4 Å². The van der Waals surface area contributed by atoms with Gasteiger partial charge in [0, 0.05) is 16.6 Å². The molecule has 6 heteroatoms. The normalized spacial score (nSPS) is 11.2. The second kappa shape index (κ2) is 7.98. The van der Waals surface area contributed by atoms with Crippen molar-refractivity contribution < 1.29 is 14.6 Å². The minimum absolute atomic E-state index is 0.108. The number of hydrogen-bond acceptors (Lipinski definition) is 4. The van der Waals surface area contributed by atoms with Gasteiger partial charge < -0.3 is 9.84 Å². The zero-order valence-corrected chi connectivity index (χ0v) is 18.1. The molecule has 0 saturated heterocycles. The van der Waals surface area contributed by atoms with Crippen molar-refractivity contribution in [1.29, 1.82) is 0 Å². The number of fused-ring (bicyclic) bond motifs is 3. The molecule has 3 aromatic heterocycles. The number of rotatable bonds is 5. The van der Waals surface area contributed by atoms with Crippen LogP contribution in [0.2, 0.25) is 0 Å². The Morgan fingerprint density at radius 3 is 2.50 bits per heavy atom. The van der Waals surface area contributed by atoms with E-state index in [2.05, 4.69) is 0 Å². The summed E-state index contributed by atoms with van der Waals surface area (Å²) >= 11 is 1.49. The van der Waals surface area contributed by atoms with Gasteiger partial charge in [-0.15, -0.1) is 11.3 Å². The van der Waals surface area contributed by atoms with Gasteiger partial charge in [0.2, 0.25) is 0 Å². The van der Waals surface area contributed by atoms with E-state index in [-0.39, 0.29) is 11.1 Å². The van der Waals surface area contributed by atoms with Crippen molar-refractivity contribution in [2.24, 2.45) is 0 Å². The van der Waals surface area contributed by atoms with Crippen molar-refractivity contribution in [3.63, 3.8) is 0 Å². The van der Waals surface area contributed by atoms with Gasteiger partial charge in [0.15, 0.2) is 0 Å². The summed E-state index contributed by atoms with van der Waals surface area (Å²) in [5, 5.41) is 10.8. The third kappa shape index (κ3) is 3.55. The molecule has 5 aromatic rings. The number of nitrogens with zero attached hydrogens (tertiary/aromatic N) is 1. The highest BCUT2D eigenvalue weighted by Gasteiger charge is 2.19. The second-order valence-corrected chi connectivity index (χ2v) is 8.81. The number of pyridine rings is 2. The first-order valence-electron chi connectivity index (χ1n) is 10.1. The number of aromatic carboxylic acids is 1. The average molecular weight is 442 g/mol. The van der Waals surface area contributed by atoms with Gasteiger partial charge in [-0.1, -0.05) is 42.5 Å². The highest BCUT2D eigenvalue weighted by Crippen LogP contribution is 2.32. The standard InChI is InChI=1S/C26H19NO4S/c1-16-13-19-11-12-27-23(24(19)32-16)22(26(29)30)14-21(25(27)28)18-7-9-20(10-8-18)31-15-17-5-3-2-4-6-17/h2-14H,15H2,1H3,(H,29,30). The van der Waals surface area contributed by atoms with E-state index in [0.29, 0.717) is 29.0 Å². The molecule has 5 nitrogen and oxygen atoms in total. The minimum Gasteiger partial charge on any atom is -0.489 e. The summed E-state index contributed by atoms with van der Waals surface area (Å²) in [5.41, 5.74) is 2.33. The van der Waals surface area contributed by atoms with E-state index in [4.69, 9.17) is 4.74 Å². The van der Waals surface area contributed by atoms with Gasteiger partial charge in [0.25, 0.3) is 5.56 Å². The molecule has 0 spiro atoms. The van der Waals surface area contributed by atoms with Crippen LogP contribution in [0, 0.1) is 6.92 Å². The molecular weight excluding hydrogens is 422 g/mol. The predicted molar refractivity (Wildman–Crippen MR) is 127 cm³/mol. The van der Waals surface area contributed by atoms with Gasteiger partial charge in [0.1, 0.15) is 12.4 Å². The molecule has 0 amide bonds. The fourth-order valence-electron chi connectivity index (χ4n) is 3.85. The summed E-state index contributed by atoms with van der Waals surface area (Å²) in [6, 6.07) is 22.3. The van der Waals surface area contributed by atoms with Gasteiger partial charge in [-0.2, -0.15) is 0 Å². The van der Waals surface area contributed by atoms with E-state index in [1.54, 1.807) is 30.5 Å². The van der Waals surface area contributed by atoms with Crippen molar-refractivity contribution >= 4 is 32.9 Å². The van der Waals surface area contributed by atoms with Gasteiger partial charge in [-0.25, -0.2) is 4.79 Å². The number of hydrogen-bond donors (Lipinski definition) is 1. The lowest BCUT2D eigenvalue weighted by atomic mass is 10.0. The van der Waals surface area contributed by atoms with Crippen LogP contribution in [-0.2, 0) is 6.61 Å². The van der Waals surface area contributed by atoms with Crippen LogP contribution in [0.1, 0.15) is 20.8 Å². The van der Waals surface area contributed by atoms with Crippen molar-refractivity contribution in [1.82, 2.24) is 4.40 Å². The largest absolute Gasteiger partial charge is 0.489 e. The molecule has 0 atom stereocenters. The van der Waals surface area contributed by atoms with Crippen LogP contribution in [0.4, 0.5) is 0 Å². The molecule has 0 aliphatic carbocycles. The van der Waals surface area contributed by atoms with Crippen molar-refractivity contribution in [2.75, 3.05) is 0 Å². The van der Waals surface area contributed by atoms with Crippen LogP contribution < -0.4 is 10.3 Å². The van der Waals surface area contributed by atoms with Crippen LogP contribution >= 0.6 is 11.3 Å². The Hall–Kier alpha value is -3.90. The maximum Gasteiger partial charge on any atom is 0.337 e. The SMILES string of the molecule is Cc1cc2ccn3c(=O)c(-c4ccc(OCc5ccccc5)cc4)cc(C(=O)O)c3c2s1. The Morgan fingerprint density at radius 2 is 1.78 bits per heavy atom. The van der Waals surface area contributed by atoms with Crippen molar-refractivity contribution in [3.05, 3.63) is 105 Å². The summed E-state index contributed by atoms with van der Waals surface area (Å²) in [6.07, 6.45) is 1.65. The minimum atomic E-state index is -1.06. The smallest absolute Gasteiger partial charge is 0.337 e. The van der Waals surface area contributed by atoms with Crippen LogP contribution in [-0.4, -0.2) is 15.5 Å². The van der Waals surface area contributed by atoms with Crippen molar-refractivity contribution in [2.45, 2.75) is 13.5 Å². The number of carboxylic acids is 1. The fraction of sp³-hybridized carbons (Fsp3) is 0.0769. The zero-order chi connectivity index (χ0) is 22.2.